The van der Waals surface area contributed by atoms with Gasteiger partial charge < -0.3 is 10.1 Å². The smallest absolute Gasteiger partial charge is 0.251 e. The van der Waals surface area contributed by atoms with Gasteiger partial charge in [0.2, 0.25) is 10.0 Å². The number of methoxy groups -OCH3 is 1. The largest absolute Gasteiger partial charge is 0.497 e. The van der Waals surface area contributed by atoms with Crippen molar-refractivity contribution in [3.05, 3.63) is 95.6 Å². The summed E-state index contributed by atoms with van der Waals surface area (Å²) in [4.78, 5) is 15.2. The number of benzene rings is 3. The van der Waals surface area contributed by atoms with Gasteiger partial charge in [0, 0.05) is 44.8 Å². The van der Waals surface area contributed by atoms with Gasteiger partial charge in [-0.15, -0.1) is 0 Å². The summed E-state index contributed by atoms with van der Waals surface area (Å²) in [5.41, 5.74) is 2.79. The molecule has 0 bridgehead atoms. The molecule has 1 heterocycles. The van der Waals surface area contributed by atoms with Crippen LogP contribution in [-0.4, -0.2) is 63.4 Å². The normalized spacial score (nSPS) is 15.0. The number of carbonyl (C=O) groups excluding carboxylic acids is 1. The number of ether oxygens (including phenoxy) is 1. The molecule has 1 saturated heterocycles. The Morgan fingerprint density at radius 1 is 0.886 bits per heavy atom. The molecule has 1 aliphatic heterocycles. The van der Waals surface area contributed by atoms with Crippen molar-refractivity contribution >= 4 is 15.9 Å². The molecule has 1 fully saturated rings. The minimum absolute atomic E-state index is 0.0980. The van der Waals surface area contributed by atoms with Crippen LogP contribution in [0.25, 0.3) is 0 Å². The number of carbonyl (C=O) groups is 1. The van der Waals surface area contributed by atoms with Gasteiger partial charge in [-0.05, 0) is 53.9 Å². The maximum atomic E-state index is 12.8. The Hall–Kier alpha value is -3.20. The van der Waals surface area contributed by atoms with Crippen LogP contribution in [0.2, 0.25) is 0 Å². The maximum absolute atomic E-state index is 12.8. The Bertz CT molecular complexity index is 1220. The first-order valence-electron chi connectivity index (χ1n) is 11.7. The van der Waals surface area contributed by atoms with E-state index in [9.17, 15) is 13.2 Å². The number of sulfonamides is 1. The van der Waals surface area contributed by atoms with Gasteiger partial charge in [0.15, 0.2) is 0 Å². The highest BCUT2D eigenvalue weighted by Crippen LogP contribution is 2.18. The fraction of sp³-hybridized carbons (Fsp3) is 0.296. The summed E-state index contributed by atoms with van der Waals surface area (Å²) in [6.07, 6.45) is 0.742. The van der Waals surface area contributed by atoms with E-state index in [-0.39, 0.29) is 5.91 Å². The molecule has 4 rings (SSSR count). The molecule has 3 aromatic carbocycles. The second kappa shape index (κ2) is 11.5. The molecular weight excluding hydrogens is 462 g/mol. The Morgan fingerprint density at radius 3 is 2.29 bits per heavy atom. The first kappa shape index (κ1) is 24.9. The van der Waals surface area contributed by atoms with E-state index in [1.54, 1.807) is 35.7 Å². The van der Waals surface area contributed by atoms with Gasteiger partial charge in [-0.25, -0.2) is 8.42 Å². The van der Waals surface area contributed by atoms with Crippen LogP contribution in [0.1, 0.15) is 21.5 Å². The third kappa shape index (κ3) is 6.48. The van der Waals surface area contributed by atoms with Gasteiger partial charge in [0.05, 0.1) is 12.0 Å². The molecule has 3 aromatic rings. The van der Waals surface area contributed by atoms with E-state index in [2.05, 4.69) is 10.2 Å². The Morgan fingerprint density at radius 2 is 1.60 bits per heavy atom. The number of rotatable bonds is 9. The Kier molecular flexibility index (Phi) is 8.17. The SMILES string of the molecule is COc1ccc(CCNC(=O)c2cccc(CN3CCN(S(=O)(=O)c4ccccc4)CC3)c2)cc1. The summed E-state index contributed by atoms with van der Waals surface area (Å²) in [6, 6.07) is 24.0. The first-order valence-corrected chi connectivity index (χ1v) is 13.2. The third-order valence-electron chi connectivity index (χ3n) is 6.17. The molecule has 184 valence electrons. The molecule has 1 N–H and O–H groups in total. The molecular formula is C27H31N3O4S. The van der Waals surface area contributed by atoms with E-state index in [1.165, 1.54) is 0 Å². The lowest BCUT2D eigenvalue weighted by molar-refractivity contribution is 0.0954. The van der Waals surface area contributed by atoms with Crippen LogP contribution in [0.5, 0.6) is 5.75 Å². The highest BCUT2D eigenvalue weighted by molar-refractivity contribution is 7.89. The minimum Gasteiger partial charge on any atom is -0.497 e. The number of hydrogen-bond donors (Lipinski definition) is 1. The fourth-order valence-corrected chi connectivity index (χ4v) is 5.60. The number of hydrogen-bond acceptors (Lipinski definition) is 5. The van der Waals surface area contributed by atoms with Crippen molar-refractivity contribution in [3.8, 4) is 5.75 Å². The zero-order valence-corrected chi connectivity index (χ0v) is 20.7. The number of piperazine rings is 1. The molecule has 0 spiro atoms. The quantitative estimate of drug-likeness (QED) is 0.495. The summed E-state index contributed by atoms with van der Waals surface area (Å²) in [5.74, 6) is 0.716. The molecule has 0 atom stereocenters. The molecule has 0 unspecified atom stereocenters. The monoisotopic (exact) mass is 493 g/mol. The van der Waals surface area contributed by atoms with E-state index in [4.69, 9.17) is 4.74 Å². The molecule has 1 amide bonds. The van der Waals surface area contributed by atoms with Crippen LogP contribution in [-0.2, 0) is 23.0 Å². The van der Waals surface area contributed by atoms with Crippen molar-refractivity contribution in [3.63, 3.8) is 0 Å². The van der Waals surface area contributed by atoms with Gasteiger partial charge in [-0.1, -0.05) is 42.5 Å². The van der Waals surface area contributed by atoms with E-state index in [0.717, 1.165) is 23.3 Å². The van der Waals surface area contributed by atoms with Gasteiger partial charge in [-0.2, -0.15) is 4.31 Å². The van der Waals surface area contributed by atoms with Crippen LogP contribution in [0, 0.1) is 0 Å². The zero-order chi connectivity index (χ0) is 24.7. The lowest BCUT2D eigenvalue weighted by Gasteiger charge is -2.34. The topological polar surface area (TPSA) is 79.0 Å². The van der Waals surface area contributed by atoms with Gasteiger partial charge in [0.25, 0.3) is 5.91 Å². The van der Waals surface area contributed by atoms with Gasteiger partial charge in [0.1, 0.15) is 5.75 Å². The number of nitrogens with one attached hydrogen (secondary N) is 1. The molecule has 0 aliphatic carbocycles. The van der Waals surface area contributed by atoms with Crippen LogP contribution in [0.15, 0.2) is 83.8 Å². The maximum Gasteiger partial charge on any atom is 0.251 e. The van der Waals surface area contributed by atoms with Gasteiger partial charge in [-0.3, -0.25) is 9.69 Å². The number of nitrogens with zero attached hydrogens (tertiary/aromatic N) is 2. The highest BCUT2D eigenvalue weighted by Gasteiger charge is 2.28. The van der Waals surface area contributed by atoms with Crippen molar-refractivity contribution in [2.24, 2.45) is 0 Å². The molecule has 0 radical (unpaired) electrons. The predicted molar refractivity (Wildman–Crippen MR) is 136 cm³/mol. The highest BCUT2D eigenvalue weighted by atomic mass is 32.2. The molecule has 0 saturated carbocycles. The summed E-state index contributed by atoms with van der Waals surface area (Å²) in [7, 11) is -1.82. The van der Waals surface area contributed by atoms with E-state index in [1.807, 2.05) is 54.6 Å². The molecule has 8 heteroatoms. The summed E-state index contributed by atoms with van der Waals surface area (Å²) < 4.78 is 32.4. The zero-order valence-electron chi connectivity index (χ0n) is 19.9. The second-order valence-electron chi connectivity index (χ2n) is 8.55. The minimum atomic E-state index is -3.46. The Balaban J connectivity index is 1.27. The summed E-state index contributed by atoms with van der Waals surface area (Å²) in [6.45, 7) is 3.40. The van der Waals surface area contributed by atoms with E-state index >= 15 is 0 Å². The lowest BCUT2D eigenvalue weighted by atomic mass is 10.1. The average molecular weight is 494 g/mol. The van der Waals surface area contributed by atoms with Crippen LogP contribution in [0.4, 0.5) is 0 Å². The van der Waals surface area contributed by atoms with Crippen molar-refractivity contribution in [2.45, 2.75) is 17.9 Å². The molecule has 1 aliphatic rings. The second-order valence-corrected chi connectivity index (χ2v) is 10.5. The third-order valence-corrected chi connectivity index (χ3v) is 8.08. The summed E-state index contributed by atoms with van der Waals surface area (Å²) >= 11 is 0. The molecule has 35 heavy (non-hydrogen) atoms. The first-order chi connectivity index (χ1) is 17.0. The van der Waals surface area contributed by atoms with Crippen molar-refractivity contribution in [1.82, 2.24) is 14.5 Å². The predicted octanol–water partition coefficient (Wildman–Crippen LogP) is 3.17. The van der Waals surface area contributed by atoms with Crippen LogP contribution in [0.3, 0.4) is 0 Å². The standard InChI is InChI=1S/C27H31N3O4S/c1-34-25-12-10-22(11-13-25)14-15-28-27(31)24-7-5-6-23(20-24)21-29-16-18-30(19-17-29)35(32,33)26-8-3-2-4-9-26/h2-13,20H,14-19,21H2,1H3,(H,28,31). The fourth-order valence-electron chi connectivity index (χ4n) is 4.15. The van der Waals surface area contributed by atoms with Crippen molar-refractivity contribution in [1.29, 1.82) is 0 Å². The van der Waals surface area contributed by atoms with Crippen LogP contribution >= 0.6 is 0 Å². The molecule has 0 aromatic heterocycles. The lowest BCUT2D eigenvalue weighted by Crippen LogP contribution is -2.48. The molecule has 7 nitrogen and oxygen atoms in total. The van der Waals surface area contributed by atoms with Gasteiger partial charge >= 0.3 is 0 Å². The van der Waals surface area contributed by atoms with E-state index in [0.29, 0.717) is 49.7 Å². The average Bonchev–Trinajstić information content (AvgIpc) is 2.90. The van der Waals surface area contributed by atoms with Crippen molar-refractivity contribution < 1.29 is 17.9 Å². The number of amides is 1. The van der Waals surface area contributed by atoms with Crippen molar-refractivity contribution in [2.75, 3.05) is 39.8 Å². The van der Waals surface area contributed by atoms with E-state index < -0.39 is 10.0 Å². The van der Waals surface area contributed by atoms with Crippen LogP contribution < -0.4 is 10.1 Å². The summed E-state index contributed by atoms with van der Waals surface area (Å²) in [5, 5.41) is 2.99. The Labute approximate surface area is 207 Å².